The molecular formula is C19H23N3O3S. The molecule has 0 unspecified atom stereocenters. The van der Waals surface area contributed by atoms with E-state index in [1.165, 1.54) is 11.3 Å². The molecule has 1 amide bonds. The second kappa shape index (κ2) is 7.63. The van der Waals surface area contributed by atoms with Crippen LogP contribution >= 0.6 is 11.3 Å². The summed E-state index contributed by atoms with van der Waals surface area (Å²) in [5.74, 6) is 2.20. The molecule has 0 saturated carbocycles. The third-order valence-corrected chi connectivity index (χ3v) is 5.80. The molecule has 4 rings (SSSR count). The molecule has 0 aliphatic carbocycles. The van der Waals surface area contributed by atoms with Crippen LogP contribution in [0.4, 0.5) is 0 Å². The third-order valence-electron chi connectivity index (χ3n) is 4.91. The van der Waals surface area contributed by atoms with Gasteiger partial charge in [0.05, 0.1) is 0 Å². The average Bonchev–Trinajstić information content (AvgIpc) is 3.18. The van der Waals surface area contributed by atoms with Crippen molar-refractivity contribution in [1.29, 1.82) is 0 Å². The van der Waals surface area contributed by atoms with Crippen molar-refractivity contribution in [3.8, 4) is 22.1 Å². The fourth-order valence-electron chi connectivity index (χ4n) is 3.47. The number of hydrogen-bond acceptors (Lipinski definition) is 6. The van der Waals surface area contributed by atoms with Crippen LogP contribution in [0.3, 0.4) is 0 Å². The van der Waals surface area contributed by atoms with Crippen molar-refractivity contribution in [3.63, 3.8) is 0 Å². The molecule has 138 valence electrons. The minimum Gasteiger partial charge on any atom is -0.486 e. The first-order valence-corrected chi connectivity index (χ1v) is 9.92. The fraction of sp³-hybridized carbons (Fsp3) is 0.474. The largest absolute Gasteiger partial charge is 0.486 e. The van der Waals surface area contributed by atoms with Crippen molar-refractivity contribution >= 4 is 17.2 Å². The van der Waals surface area contributed by atoms with E-state index >= 15 is 0 Å². The van der Waals surface area contributed by atoms with Gasteiger partial charge in [-0.3, -0.25) is 4.79 Å². The molecule has 1 aromatic heterocycles. The van der Waals surface area contributed by atoms with Crippen LogP contribution in [0.2, 0.25) is 0 Å². The standard InChI is InChI=1S/C19H23N3O3S/c1-20-11-13-4-6-22(7-5-13)19(23)15-12-26-18(21-15)14-2-3-16-17(10-14)25-9-8-24-16/h2-3,10,12-13,20H,4-9,11H2,1H3. The number of rotatable bonds is 4. The molecule has 0 bridgehead atoms. The molecule has 6 nitrogen and oxygen atoms in total. The van der Waals surface area contributed by atoms with Crippen molar-refractivity contribution < 1.29 is 14.3 Å². The molecule has 2 aliphatic heterocycles. The zero-order valence-electron chi connectivity index (χ0n) is 14.9. The summed E-state index contributed by atoms with van der Waals surface area (Å²) in [5, 5.41) is 5.91. The summed E-state index contributed by atoms with van der Waals surface area (Å²) in [5.41, 5.74) is 1.48. The summed E-state index contributed by atoms with van der Waals surface area (Å²) in [6.45, 7) is 3.77. The number of amides is 1. The van der Waals surface area contributed by atoms with Crippen LogP contribution in [-0.2, 0) is 0 Å². The first kappa shape index (κ1) is 17.3. The van der Waals surface area contributed by atoms with Crippen LogP contribution in [0.25, 0.3) is 10.6 Å². The molecule has 0 spiro atoms. The number of ether oxygens (including phenoxy) is 2. The second-order valence-corrected chi connectivity index (χ2v) is 7.55. The van der Waals surface area contributed by atoms with Crippen molar-refractivity contribution in [2.75, 3.05) is 39.9 Å². The van der Waals surface area contributed by atoms with Crippen LogP contribution in [0, 0.1) is 5.92 Å². The number of likely N-dealkylation sites (tertiary alicyclic amines) is 1. The van der Waals surface area contributed by atoms with Crippen LogP contribution in [0.1, 0.15) is 23.3 Å². The molecule has 7 heteroatoms. The zero-order valence-corrected chi connectivity index (χ0v) is 15.7. The predicted octanol–water partition coefficient (Wildman–Crippen LogP) is 2.65. The Hall–Kier alpha value is -2.12. The topological polar surface area (TPSA) is 63.7 Å². The Morgan fingerprint density at radius 3 is 2.81 bits per heavy atom. The Kier molecular flexibility index (Phi) is 5.08. The van der Waals surface area contributed by atoms with Crippen LogP contribution in [0.5, 0.6) is 11.5 Å². The maximum absolute atomic E-state index is 12.8. The van der Waals surface area contributed by atoms with Gasteiger partial charge in [-0.15, -0.1) is 11.3 Å². The lowest BCUT2D eigenvalue weighted by Gasteiger charge is -2.31. The average molecular weight is 373 g/mol. The highest BCUT2D eigenvalue weighted by atomic mass is 32.1. The molecule has 1 fully saturated rings. The monoisotopic (exact) mass is 373 g/mol. The van der Waals surface area contributed by atoms with Gasteiger partial charge in [0.1, 0.15) is 23.9 Å². The van der Waals surface area contributed by atoms with Crippen LogP contribution in [0.15, 0.2) is 23.6 Å². The van der Waals surface area contributed by atoms with Gasteiger partial charge in [0, 0.05) is 24.0 Å². The molecular weight excluding hydrogens is 350 g/mol. The molecule has 0 radical (unpaired) electrons. The Balaban J connectivity index is 1.45. The van der Waals surface area contributed by atoms with E-state index < -0.39 is 0 Å². The lowest BCUT2D eigenvalue weighted by Crippen LogP contribution is -2.40. The van der Waals surface area contributed by atoms with Gasteiger partial charge in [-0.05, 0) is 50.6 Å². The van der Waals surface area contributed by atoms with Crippen LogP contribution < -0.4 is 14.8 Å². The number of benzene rings is 1. The van der Waals surface area contributed by atoms with E-state index in [1.807, 2.05) is 35.5 Å². The highest BCUT2D eigenvalue weighted by Gasteiger charge is 2.25. The number of nitrogens with zero attached hydrogens (tertiary/aromatic N) is 2. The van der Waals surface area contributed by atoms with Gasteiger partial charge in [-0.2, -0.15) is 0 Å². The molecule has 1 saturated heterocycles. The van der Waals surface area contributed by atoms with E-state index in [-0.39, 0.29) is 5.91 Å². The van der Waals surface area contributed by atoms with Gasteiger partial charge in [0.15, 0.2) is 11.5 Å². The maximum Gasteiger partial charge on any atom is 0.273 e. The van der Waals surface area contributed by atoms with Crippen molar-refractivity contribution in [2.24, 2.45) is 5.92 Å². The Morgan fingerprint density at radius 2 is 2.04 bits per heavy atom. The number of thiazole rings is 1. The highest BCUT2D eigenvalue weighted by Crippen LogP contribution is 2.35. The van der Waals surface area contributed by atoms with Gasteiger partial charge < -0.3 is 19.7 Å². The number of aromatic nitrogens is 1. The quantitative estimate of drug-likeness (QED) is 0.893. The smallest absolute Gasteiger partial charge is 0.273 e. The summed E-state index contributed by atoms with van der Waals surface area (Å²) in [6, 6.07) is 5.80. The van der Waals surface area contributed by atoms with E-state index in [0.717, 1.165) is 54.5 Å². The van der Waals surface area contributed by atoms with Crippen LogP contribution in [-0.4, -0.2) is 55.7 Å². The summed E-state index contributed by atoms with van der Waals surface area (Å²) in [7, 11) is 1.98. The molecule has 2 aliphatic rings. The Labute approximate surface area is 157 Å². The van der Waals surface area contributed by atoms with E-state index in [2.05, 4.69) is 10.3 Å². The normalized spacial score (nSPS) is 17.3. The molecule has 3 heterocycles. The summed E-state index contributed by atoms with van der Waals surface area (Å²) in [4.78, 5) is 19.3. The van der Waals surface area contributed by atoms with E-state index in [1.54, 1.807) is 0 Å². The van der Waals surface area contributed by atoms with Gasteiger partial charge >= 0.3 is 0 Å². The second-order valence-electron chi connectivity index (χ2n) is 6.69. The number of piperidine rings is 1. The SMILES string of the molecule is CNCC1CCN(C(=O)c2csc(-c3ccc4c(c3)OCCO4)n2)CC1. The number of hydrogen-bond donors (Lipinski definition) is 1. The van der Waals surface area contributed by atoms with Gasteiger partial charge in [0.2, 0.25) is 0 Å². The third kappa shape index (κ3) is 3.54. The molecule has 1 N–H and O–H groups in total. The van der Waals surface area contributed by atoms with E-state index in [4.69, 9.17) is 9.47 Å². The summed E-state index contributed by atoms with van der Waals surface area (Å²) in [6.07, 6.45) is 2.09. The first-order chi connectivity index (χ1) is 12.7. The van der Waals surface area contributed by atoms with E-state index in [0.29, 0.717) is 24.8 Å². The number of carbonyl (C=O) groups is 1. The fourth-order valence-corrected chi connectivity index (χ4v) is 4.26. The predicted molar refractivity (Wildman–Crippen MR) is 101 cm³/mol. The zero-order chi connectivity index (χ0) is 17.9. The maximum atomic E-state index is 12.8. The Morgan fingerprint density at radius 1 is 1.27 bits per heavy atom. The molecule has 0 atom stereocenters. The number of nitrogens with one attached hydrogen (secondary N) is 1. The van der Waals surface area contributed by atoms with Gasteiger partial charge in [0.25, 0.3) is 5.91 Å². The Bertz CT molecular complexity index is 784. The molecule has 26 heavy (non-hydrogen) atoms. The van der Waals surface area contributed by atoms with Gasteiger partial charge in [-0.25, -0.2) is 4.98 Å². The molecule has 2 aromatic rings. The minimum absolute atomic E-state index is 0.0351. The van der Waals surface area contributed by atoms with Crippen molar-refractivity contribution in [1.82, 2.24) is 15.2 Å². The molecule has 1 aromatic carbocycles. The number of carbonyl (C=O) groups excluding carboxylic acids is 1. The summed E-state index contributed by atoms with van der Waals surface area (Å²) >= 11 is 1.49. The lowest BCUT2D eigenvalue weighted by atomic mass is 9.97. The van der Waals surface area contributed by atoms with Gasteiger partial charge in [-0.1, -0.05) is 0 Å². The minimum atomic E-state index is 0.0351. The summed E-state index contributed by atoms with van der Waals surface area (Å²) < 4.78 is 11.2. The number of fused-ring (bicyclic) bond motifs is 1. The van der Waals surface area contributed by atoms with Crippen molar-refractivity contribution in [3.05, 3.63) is 29.3 Å². The van der Waals surface area contributed by atoms with E-state index in [9.17, 15) is 4.79 Å². The lowest BCUT2D eigenvalue weighted by molar-refractivity contribution is 0.0686. The first-order valence-electron chi connectivity index (χ1n) is 9.04. The highest BCUT2D eigenvalue weighted by molar-refractivity contribution is 7.13. The van der Waals surface area contributed by atoms with Crippen molar-refractivity contribution in [2.45, 2.75) is 12.8 Å².